The Kier molecular flexibility index (Phi) is 4.04. The maximum Gasteiger partial charge on any atom is 0.323 e. The largest absolute Gasteiger partial charge is 0.497 e. The van der Waals surface area contributed by atoms with Gasteiger partial charge in [-0.3, -0.25) is 19.8 Å². The molecule has 0 saturated carbocycles. The molecule has 2 aliphatic heterocycles. The van der Waals surface area contributed by atoms with Crippen molar-refractivity contribution in [2.75, 3.05) is 12.0 Å². The van der Waals surface area contributed by atoms with Gasteiger partial charge in [-0.1, -0.05) is 17.7 Å². The van der Waals surface area contributed by atoms with Crippen LogP contribution in [0, 0.1) is 6.92 Å². The van der Waals surface area contributed by atoms with E-state index in [0.717, 1.165) is 5.56 Å². The van der Waals surface area contributed by atoms with Crippen LogP contribution in [0.15, 0.2) is 46.9 Å². The third-order valence-electron chi connectivity index (χ3n) is 5.38. The normalized spacial score (nSPS) is 19.5. The summed E-state index contributed by atoms with van der Waals surface area (Å²) in [7, 11) is 1.58. The van der Waals surface area contributed by atoms with E-state index in [2.05, 4.69) is 20.8 Å². The molecule has 2 aliphatic rings. The Hall–Kier alpha value is -4.21. The van der Waals surface area contributed by atoms with Crippen molar-refractivity contribution in [3.8, 4) is 17.2 Å². The minimum Gasteiger partial charge on any atom is -0.497 e. The first-order chi connectivity index (χ1) is 14.9. The van der Waals surface area contributed by atoms with E-state index in [1.165, 1.54) is 4.90 Å². The van der Waals surface area contributed by atoms with Crippen molar-refractivity contribution in [1.82, 2.24) is 20.8 Å². The van der Waals surface area contributed by atoms with Gasteiger partial charge in [-0.25, -0.2) is 4.79 Å². The van der Waals surface area contributed by atoms with E-state index < -0.39 is 23.4 Å². The van der Waals surface area contributed by atoms with Gasteiger partial charge in [0.25, 0.3) is 11.8 Å². The zero-order valence-corrected chi connectivity index (χ0v) is 16.6. The van der Waals surface area contributed by atoms with E-state index in [4.69, 9.17) is 9.15 Å². The molecule has 0 bridgehead atoms. The molecule has 2 aromatic carbocycles. The van der Waals surface area contributed by atoms with Crippen LogP contribution in [0.1, 0.15) is 17.0 Å². The first-order valence-corrected chi connectivity index (χ1v) is 9.46. The lowest BCUT2D eigenvalue weighted by Crippen LogP contribution is -2.52. The topological polar surface area (TPSA) is 127 Å². The minimum atomic E-state index is -1.79. The second-order valence-corrected chi connectivity index (χ2v) is 7.30. The highest BCUT2D eigenvalue weighted by atomic mass is 16.5. The number of imide groups is 1. The van der Waals surface area contributed by atoms with Gasteiger partial charge in [0.2, 0.25) is 17.3 Å². The molecule has 3 heterocycles. The molecule has 2 N–H and O–H groups in total. The average molecular weight is 419 g/mol. The number of amides is 4. The van der Waals surface area contributed by atoms with Gasteiger partial charge in [0, 0.05) is 11.1 Å². The molecule has 5 rings (SSSR count). The fraction of sp³-hybridized carbons (Fsp3) is 0.190. The number of hydrogen-bond acceptors (Lipinski definition) is 7. The van der Waals surface area contributed by atoms with E-state index in [1.807, 2.05) is 13.0 Å². The predicted molar refractivity (Wildman–Crippen MR) is 107 cm³/mol. The molecular weight excluding hydrogens is 402 g/mol. The lowest BCUT2D eigenvalue weighted by atomic mass is 9.90. The molecule has 1 spiro atoms. The van der Waals surface area contributed by atoms with Gasteiger partial charge in [-0.05, 0) is 37.3 Å². The zero-order chi connectivity index (χ0) is 21.8. The molecular formula is C21H17N5O5. The summed E-state index contributed by atoms with van der Waals surface area (Å²) in [5, 5.41) is 12.8. The van der Waals surface area contributed by atoms with Gasteiger partial charge >= 0.3 is 6.03 Å². The van der Waals surface area contributed by atoms with Gasteiger partial charge in [0.05, 0.1) is 12.8 Å². The summed E-state index contributed by atoms with van der Waals surface area (Å²) in [4.78, 5) is 39.2. The fourth-order valence-electron chi connectivity index (χ4n) is 3.87. The Balaban J connectivity index is 1.49. The van der Waals surface area contributed by atoms with Crippen molar-refractivity contribution < 1.29 is 23.5 Å². The lowest BCUT2D eigenvalue weighted by Gasteiger charge is -2.20. The highest BCUT2D eigenvalue weighted by Crippen LogP contribution is 2.43. The zero-order valence-electron chi connectivity index (χ0n) is 16.6. The van der Waals surface area contributed by atoms with Gasteiger partial charge in [0.1, 0.15) is 12.3 Å². The number of benzene rings is 2. The van der Waals surface area contributed by atoms with Crippen LogP contribution < -0.4 is 20.3 Å². The third kappa shape index (κ3) is 2.75. The maximum atomic E-state index is 13.4. The smallest absolute Gasteiger partial charge is 0.323 e. The second-order valence-electron chi connectivity index (χ2n) is 7.30. The number of aromatic nitrogens is 2. The SMILES string of the molecule is COc1ccc(-c2nnc(CN3C(=O)C4(NC(=O)NC4=O)c4cc(C)ccc43)o2)cc1. The van der Waals surface area contributed by atoms with Crippen LogP contribution in [0.25, 0.3) is 11.5 Å². The van der Waals surface area contributed by atoms with E-state index in [9.17, 15) is 14.4 Å². The van der Waals surface area contributed by atoms with Crippen LogP contribution in [0.2, 0.25) is 0 Å². The van der Waals surface area contributed by atoms with Crippen molar-refractivity contribution in [1.29, 1.82) is 0 Å². The van der Waals surface area contributed by atoms with Crippen LogP contribution in [0.3, 0.4) is 0 Å². The summed E-state index contributed by atoms with van der Waals surface area (Å²) in [5.74, 6) is -0.121. The molecule has 156 valence electrons. The molecule has 0 aliphatic carbocycles. The Bertz CT molecular complexity index is 1240. The number of nitrogens with zero attached hydrogens (tertiary/aromatic N) is 3. The molecule has 31 heavy (non-hydrogen) atoms. The van der Waals surface area contributed by atoms with E-state index in [-0.39, 0.29) is 18.3 Å². The van der Waals surface area contributed by atoms with Gasteiger partial charge in [0.15, 0.2) is 0 Å². The number of anilines is 1. The number of fused-ring (bicyclic) bond motifs is 2. The van der Waals surface area contributed by atoms with Crippen molar-refractivity contribution in [3.63, 3.8) is 0 Å². The Morgan fingerprint density at radius 3 is 2.55 bits per heavy atom. The van der Waals surface area contributed by atoms with Crippen LogP contribution >= 0.6 is 0 Å². The highest BCUT2D eigenvalue weighted by molar-refractivity contribution is 6.27. The van der Waals surface area contributed by atoms with E-state index >= 15 is 0 Å². The first kappa shape index (κ1) is 18.8. The number of hydrogen-bond donors (Lipinski definition) is 2. The number of rotatable bonds is 4. The number of carbonyl (C=O) groups excluding carboxylic acids is 3. The summed E-state index contributed by atoms with van der Waals surface area (Å²) in [5.41, 5.74) is 0.661. The fourth-order valence-corrected chi connectivity index (χ4v) is 3.87. The molecule has 0 radical (unpaired) electrons. The van der Waals surface area contributed by atoms with Crippen molar-refractivity contribution in [3.05, 3.63) is 59.5 Å². The predicted octanol–water partition coefficient (Wildman–Crippen LogP) is 1.64. The number of aryl methyl sites for hydroxylation is 1. The average Bonchev–Trinajstić information content (AvgIpc) is 3.41. The Morgan fingerprint density at radius 1 is 1.10 bits per heavy atom. The van der Waals surface area contributed by atoms with E-state index in [1.54, 1.807) is 43.5 Å². The number of methoxy groups -OCH3 is 1. The number of ether oxygens (including phenoxy) is 1. The van der Waals surface area contributed by atoms with Crippen molar-refractivity contribution in [2.45, 2.75) is 19.0 Å². The Morgan fingerprint density at radius 2 is 1.87 bits per heavy atom. The summed E-state index contributed by atoms with van der Waals surface area (Å²) < 4.78 is 10.9. The van der Waals surface area contributed by atoms with Crippen molar-refractivity contribution in [2.24, 2.45) is 0 Å². The van der Waals surface area contributed by atoms with Crippen LogP contribution in [0.5, 0.6) is 5.75 Å². The molecule has 3 aromatic rings. The molecule has 1 saturated heterocycles. The Labute approximate surface area is 176 Å². The molecule has 10 heteroatoms. The lowest BCUT2D eigenvalue weighted by molar-refractivity contribution is -0.134. The summed E-state index contributed by atoms with van der Waals surface area (Å²) in [6, 6.07) is 11.7. The number of nitrogens with one attached hydrogen (secondary N) is 2. The molecule has 1 fully saturated rings. The first-order valence-electron chi connectivity index (χ1n) is 9.46. The third-order valence-corrected chi connectivity index (χ3v) is 5.38. The van der Waals surface area contributed by atoms with Crippen LogP contribution in [-0.4, -0.2) is 35.2 Å². The van der Waals surface area contributed by atoms with Gasteiger partial charge < -0.3 is 14.5 Å². The number of urea groups is 1. The second kappa shape index (κ2) is 6.66. The summed E-state index contributed by atoms with van der Waals surface area (Å²) in [6.45, 7) is 1.79. The monoisotopic (exact) mass is 419 g/mol. The molecule has 1 aromatic heterocycles. The molecule has 1 atom stereocenters. The highest BCUT2D eigenvalue weighted by Gasteiger charge is 2.61. The molecule has 4 amide bonds. The molecule has 1 unspecified atom stereocenters. The maximum absolute atomic E-state index is 13.4. The molecule has 10 nitrogen and oxygen atoms in total. The van der Waals surface area contributed by atoms with Crippen molar-refractivity contribution >= 4 is 23.5 Å². The van der Waals surface area contributed by atoms with Crippen LogP contribution in [-0.2, 0) is 21.7 Å². The van der Waals surface area contributed by atoms with Gasteiger partial charge in [-0.15, -0.1) is 10.2 Å². The van der Waals surface area contributed by atoms with Crippen LogP contribution in [0.4, 0.5) is 10.5 Å². The summed E-state index contributed by atoms with van der Waals surface area (Å²) >= 11 is 0. The summed E-state index contributed by atoms with van der Waals surface area (Å²) in [6.07, 6.45) is 0. The van der Waals surface area contributed by atoms with E-state index in [0.29, 0.717) is 22.6 Å². The van der Waals surface area contributed by atoms with Gasteiger partial charge in [-0.2, -0.15) is 0 Å². The standard InChI is InChI=1S/C21H17N5O5/c1-11-3-8-15-14(9-11)21(18(27)22-20(29)23-21)19(28)26(15)10-16-24-25-17(31-16)12-4-6-13(30-2)7-5-12/h3-9H,10H2,1-2H3,(H2,22,23,27,29). The number of carbonyl (C=O) groups is 3. The quantitative estimate of drug-likeness (QED) is 0.486. The minimum absolute atomic E-state index is 0.0526.